The van der Waals surface area contributed by atoms with Crippen molar-refractivity contribution >= 4 is 28.7 Å². The van der Waals surface area contributed by atoms with Gasteiger partial charge in [-0.3, -0.25) is 10.1 Å². The summed E-state index contributed by atoms with van der Waals surface area (Å²) >= 11 is 5.11. The quantitative estimate of drug-likeness (QED) is 0.490. The Balaban J connectivity index is 2.57. The normalized spacial score (nSPS) is 11.6. The Hall–Kier alpha value is -1.69. The molecule has 5 nitrogen and oxygen atoms in total. The summed E-state index contributed by atoms with van der Waals surface area (Å²) in [6, 6.07) is 6.43. The molecule has 1 rings (SSSR count). The first-order valence-corrected chi connectivity index (χ1v) is 5.75. The molecule has 0 spiro atoms. The lowest BCUT2D eigenvalue weighted by Crippen LogP contribution is -2.35. The van der Waals surface area contributed by atoms with Gasteiger partial charge in [0.2, 0.25) is 0 Å². The molecule has 0 aromatic heterocycles. The molecule has 0 heterocycles. The predicted octanol–water partition coefficient (Wildman–Crippen LogP) is 2.68. The van der Waals surface area contributed by atoms with E-state index in [9.17, 15) is 10.1 Å². The van der Waals surface area contributed by atoms with E-state index < -0.39 is 4.92 Å². The molecule has 92 valence electrons. The van der Waals surface area contributed by atoms with Crippen LogP contribution in [0.25, 0.3) is 0 Å². The van der Waals surface area contributed by atoms with Crippen molar-refractivity contribution in [2.75, 3.05) is 5.32 Å². The largest absolute Gasteiger partial charge is 0.360 e. The molecule has 0 bridgehead atoms. The molecule has 17 heavy (non-hydrogen) atoms. The zero-order valence-electron chi connectivity index (χ0n) is 9.77. The van der Waals surface area contributed by atoms with Crippen molar-refractivity contribution in [3.8, 4) is 0 Å². The van der Waals surface area contributed by atoms with Gasteiger partial charge in [-0.1, -0.05) is 6.92 Å². The molecular weight excluding hydrogens is 238 g/mol. The van der Waals surface area contributed by atoms with Crippen molar-refractivity contribution in [2.45, 2.75) is 26.3 Å². The summed E-state index contributed by atoms with van der Waals surface area (Å²) in [6.45, 7) is 4.09. The van der Waals surface area contributed by atoms with Gasteiger partial charge in [-0.05, 0) is 37.7 Å². The van der Waals surface area contributed by atoms with Gasteiger partial charge in [-0.15, -0.1) is 0 Å². The Morgan fingerprint density at radius 2 is 2.06 bits per heavy atom. The van der Waals surface area contributed by atoms with Crippen LogP contribution < -0.4 is 10.6 Å². The smallest absolute Gasteiger partial charge is 0.269 e. The van der Waals surface area contributed by atoms with E-state index >= 15 is 0 Å². The number of nitrogens with zero attached hydrogens (tertiary/aromatic N) is 1. The maximum Gasteiger partial charge on any atom is 0.269 e. The van der Waals surface area contributed by atoms with Crippen molar-refractivity contribution in [2.24, 2.45) is 0 Å². The summed E-state index contributed by atoms with van der Waals surface area (Å²) in [4.78, 5) is 10.0. The second kappa shape index (κ2) is 6.15. The zero-order chi connectivity index (χ0) is 12.8. The van der Waals surface area contributed by atoms with Crippen molar-refractivity contribution in [1.29, 1.82) is 0 Å². The molecule has 0 aliphatic heterocycles. The highest BCUT2D eigenvalue weighted by Crippen LogP contribution is 2.15. The minimum absolute atomic E-state index is 0.0661. The Kier molecular flexibility index (Phi) is 4.84. The summed E-state index contributed by atoms with van der Waals surface area (Å²) in [5, 5.41) is 17.1. The van der Waals surface area contributed by atoms with Crippen LogP contribution in [0.2, 0.25) is 0 Å². The van der Waals surface area contributed by atoms with Crippen LogP contribution in [0, 0.1) is 10.1 Å². The first-order valence-electron chi connectivity index (χ1n) is 5.35. The number of nitrogens with one attached hydrogen (secondary N) is 2. The van der Waals surface area contributed by atoms with Gasteiger partial charge in [0.05, 0.1) is 4.92 Å². The van der Waals surface area contributed by atoms with Gasteiger partial charge in [-0.25, -0.2) is 0 Å². The summed E-state index contributed by atoms with van der Waals surface area (Å²) in [6.07, 6.45) is 0.974. The highest BCUT2D eigenvalue weighted by Gasteiger charge is 2.05. The van der Waals surface area contributed by atoms with E-state index in [0.717, 1.165) is 12.1 Å². The molecule has 6 heteroatoms. The average Bonchev–Trinajstić information content (AvgIpc) is 2.29. The molecule has 1 aromatic rings. The number of rotatable bonds is 4. The van der Waals surface area contributed by atoms with E-state index in [1.165, 1.54) is 12.1 Å². The molecule has 1 aromatic carbocycles. The Labute approximate surface area is 105 Å². The van der Waals surface area contributed by atoms with Crippen LogP contribution in [0.5, 0.6) is 0 Å². The molecule has 1 unspecified atom stereocenters. The third kappa shape index (κ3) is 4.36. The fraction of sp³-hybridized carbons (Fsp3) is 0.364. The third-order valence-corrected chi connectivity index (χ3v) is 2.55. The number of hydrogen-bond acceptors (Lipinski definition) is 3. The van der Waals surface area contributed by atoms with Gasteiger partial charge in [0.1, 0.15) is 0 Å². The molecule has 0 aliphatic rings. The summed E-state index contributed by atoms with van der Waals surface area (Å²) < 4.78 is 0. The molecule has 0 aliphatic carbocycles. The van der Waals surface area contributed by atoms with Crippen LogP contribution >= 0.6 is 12.2 Å². The highest BCUT2D eigenvalue weighted by atomic mass is 32.1. The van der Waals surface area contributed by atoms with Gasteiger partial charge >= 0.3 is 0 Å². The van der Waals surface area contributed by atoms with Gasteiger partial charge in [0.25, 0.3) is 5.69 Å². The van der Waals surface area contributed by atoms with E-state index in [-0.39, 0.29) is 5.69 Å². The average molecular weight is 253 g/mol. The summed E-state index contributed by atoms with van der Waals surface area (Å²) in [5.74, 6) is 0. The first-order chi connectivity index (χ1) is 8.02. The van der Waals surface area contributed by atoms with Crippen LogP contribution in [0.15, 0.2) is 24.3 Å². The van der Waals surface area contributed by atoms with Crippen LogP contribution in [0.1, 0.15) is 20.3 Å². The van der Waals surface area contributed by atoms with E-state index in [0.29, 0.717) is 11.2 Å². The predicted molar refractivity (Wildman–Crippen MR) is 72.2 cm³/mol. The zero-order valence-corrected chi connectivity index (χ0v) is 10.6. The monoisotopic (exact) mass is 253 g/mol. The molecule has 2 N–H and O–H groups in total. The Morgan fingerprint density at radius 1 is 1.47 bits per heavy atom. The van der Waals surface area contributed by atoms with Crippen molar-refractivity contribution < 1.29 is 4.92 Å². The molecule has 0 saturated carbocycles. The van der Waals surface area contributed by atoms with Crippen LogP contribution in [0.3, 0.4) is 0 Å². The second-order valence-corrected chi connectivity index (χ2v) is 4.12. The molecule has 0 fully saturated rings. The molecule has 0 amide bonds. The van der Waals surface area contributed by atoms with Gasteiger partial charge < -0.3 is 10.6 Å². The number of benzene rings is 1. The van der Waals surface area contributed by atoms with E-state index in [4.69, 9.17) is 12.2 Å². The minimum Gasteiger partial charge on any atom is -0.360 e. The molecule has 1 atom stereocenters. The number of thiocarbonyl (C=S) groups is 1. The van der Waals surface area contributed by atoms with Gasteiger partial charge in [0.15, 0.2) is 5.11 Å². The number of nitro groups is 1. The molecular formula is C11H15N3O2S. The fourth-order valence-electron chi connectivity index (χ4n) is 1.16. The third-order valence-electron chi connectivity index (χ3n) is 2.33. The minimum atomic E-state index is -0.431. The Morgan fingerprint density at radius 3 is 2.53 bits per heavy atom. The fourth-order valence-corrected chi connectivity index (χ4v) is 1.48. The van der Waals surface area contributed by atoms with E-state index in [1.807, 2.05) is 6.92 Å². The lowest BCUT2D eigenvalue weighted by atomic mass is 10.2. The van der Waals surface area contributed by atoms with Crippen LogP contribution in [-0.4, -0.2) is 16.1 Å². The van der Waals surface area contributed by atoms with Gasteiger partial charge in [-0.2, -0.15) is 0 Å². The molecule has 0 radical (unpaired) electrons. The topological polar surface area (TPSA) is 67.2 Å². The lowest BCUT2D eigenvalue weighted by Gasteiger charge is -2.15. The number of non-ortho nitro benzene ring substituents is 1. The maximum atomic E-state index is 10.5. The summed E-state index contributed by atoms with van der Waals surface area (Å²) in [5.41, 5.74) is 0.799. The van der Waals surface area contributed by atoms with E-state index in [2.05, 4.69) is 17.6 Å². The van der Waals surface area contributed by atoms with E-state index in [1.54, 1.807) is 12.1 Å². The number of nitro benzene ring substituents is 1. The Bertz CT molecular complexity index is 406. The second-order valence-electron chi connectivity index (χ2n) is 3.71. The highest BCUT2D eigenvalue weighted by molar-refractivity contribution is 7.80. The van der Waals surface area contributed by atoms with Crippen LogP contribution in [0.4, 0.5) is 11.4 Å². The van der Waals surface area contributed by atoms with Crippen molar-refractivity contribution in [1.82, 2.24) is 5.32 Å². The van der Waals surface area contributed by atoms with Crippen molar-refractivity contribution in [3.05, 3.63) is 34.4 Å². The number of anilines is 1. The molecule has 0 saturated heterocycles. The maximum absolute atomic E-state index is 10.5. The summed E-state index contributed by atoms with van der Waals surface area (Å²) in [7, 11) is 0. The van der Waals surface area contributed by atoms with Crippen molar-refractivity contribution in [3.63, 3.8) is 0 Å². The number of hydrogen-bond donors (Lipinski definition) is 2. The van der Waals surface area contributed by atoms with Gasteiger partial charge in [0, 0.05) is 23.9 Å². The lowest BCUT2D eigenvalue weighted by molar-refractivity contribution is -0.384. The van der Waals surface area contributed by atoms with Crippen LogP contribution in [-0.2, 0) is 0 Å². The standard InChI is InChI=1S/C11H15N3O2S/c1-3-8(2)12-11(17)13-9-4-6-10(7-5-9)14(15)16/h4-8H,3H2,1-2H3,(H2,12,13,17). The first kappa shape index (κ1) is 13.4. The SMILES string of the molecule is CCC(C)NC(=S)Nc1ccc([N+](=O)[O-])cc1.